The van der Waals surface area contributed by atoms with Crippen LogP contribution in [0.4, 0.5) is 0 Å². The second-order valence-corrected chi connectivity index (χ2v) is 9.57. The van der Waals surface area contributed by atoms with Gasteiger partial charge in [-0.05, 0) is 37.8 Å². The molecule has 0 aromatic carbocycles. The standard InChI is InChI=1S/C16H22N2O3S2/c1-13-6-7-16(22-13)23(20,21)18-10-8-17(9-11-18)15(19)12-14-4-2-3-5-14/h2,4,6-7,14H,3,5,8-12H2,1H3/t14-/m0/s1. The number of hydrogen-bond acceptors (Lipinski definition) is 4. The van der Waals surface area contributed by atoms with Gasteiger partial charge in [0.25, 0.3) is 10.0 Å². The largest absolute Gasteiger partial charge is 0.340 e. The summed E-state index contributed by atoms with van der Waals surface area (Å²) in [6, 6.07) is 3.49. The molecule has 3 rings (SSSR count). The molecule has 0 bridgehead atoms. The minimum absolute atomic E-state index is 0.144. The first-order valence-electron chi connectivity index (χ1n) is 7.98. The van der Waals surface area contributed by atoms with Gasteiger partial charge in [-0.15, -0.1) is 11.3 Å². The molecule has 126 valence electrons. The summed E-state index contributed by atoms with van der Waals surface area (Å²) >= 11 is 1.30. The fourth-order valence-electron chi connectivity index (χ4n) is 3.07. The Morgan fingerprint density at radius 1 is 1.26 bits per heavy atom. The maximum absolute atomic E-state index is 12.6. The topological polar surface area (TPSA) is 57.7 Å². The molecule has 1 aromatic rings. The number of sulfonamides is 1. The van der Waals surface area contributed by atoms with E-state index in [-0.39, 0.29) is 5.91 Å². The number of amides is 1. The first kappa shape index (κ1) is 16.7. The van der Waals surface area contributed by atoms with Crippen LogP contribution in [0.1, 0.15) is 24.1 Å². The van der Waals surface area contributed by atoms with E-state index in [1.807, 2.05) is 13.0 Å². The average molecular weight is 354 g/mol. The van der Waals surface area contributed by atoms with Gasteiger partial charge in [-0.3, -0.25) is 4.79 Å². The third-order valence-electron chi connectivity index (χ3n) is 4.45. The molecule has 1 atom stereocenters. The predicted octanol–water partition coefficient (Wildman–Crippen LogP) is 2.25. The summed E-state index contributed by atoms with van der Waals surface area (Å²) in [5.74, 6) is 0.504. The van der Waals surface area contributed by atoms with E-state index in [0.29, 0.717) is 42.7 Å². The van der Waals surface area contributed by atoms with Crippen LogP contribution in [0.15, 0.2) is 28.5 Å². The van der Waals surface area contributed by atoms with Crippen LogP contribution >= 0.6 is 11.3 Å². The molecule has 1 amide bonds. The van der Waals surface area contributed by atoms with Crippen LogP contribution in [0.5, 0.6) is 0 Å². The van der Waals surface area contributed by atoms with Gasteiger partial charge < -0.3 is 4.90 Å². The minimum Gasteiger partial charge on any atom is -0.340 e. The Bertz CT molecular complexity index is 701. The van der Waals surface area contributed by atoms with Gasteiger partial charge in [-0.1, -0.05) is 12.2 Å². The Balaban J connectivity index is 1.57. The number of hydrogen-bond donors (Lipinski definition) is 0. The quantitative estimate of drug-likeness (QED) is 0.779. The van der Waals surface area contributed by atoms with Gasteiger partial charge >= 0.3 is 0 Å². The maximum atomic E-state index is 12.6. The van der Waals surface area contributed by atoms with E-state index in [1.165, 1.54) is 15.6 Å². The highest BCUT2D eigenvalue weighted by molar-refractivity contribution is 7.91. The molecular weight excluding hydrogens is 332 g/mol. The summed E-state index contributed by atoms with van der Waals surface area (Å²) in [6.07, 6.45) is 6.92. The van der Waals surface area contributed by atoms with Gasteiger partial charge in [0.2, 0.25) is 5.91 Å². The van der Waals surface area contributed by atoms with E-state index in [4.69, 9.17) is 0 Å². The normalized spacial score (nSPS) is 22.7. The van der Waals surface area contributed by atoms with Crippen molar-refractivity contribution in [1.82, 2.24) is 9.21 Å². The van der Waals surface area contributed by atoms with Gasteiger partial charge in [-0.25, -0.2) is 8.42 Å². The van der Waals surface area contributed by atoms with Crippen LogP contribution in [0, 0.1) is 12.8 Å². The lowest BCUT2D eigenvalue weighted by Gasteiger charge is -2.34. The molecule has 1 aromatic heterocycles. The number of piperazine rings is 1. The van der Waals surface area contributed by atoms with Gasteiger partial charge in [0, 0.05) is 37.5 Å². The summed E-state index contributed by atoms with van der Waals surface area (Å²) in [5, 5.41) is 0. The summed E-state index contributed by atoms with van der Waals surface area (Å²) < 4.78 is 27.1. The summed E-state index contributed by atoms with van der Waals surface area (Å²) in [6.45, 7) is 3.63. The monoisotopic (exact) mass is 354 g/mol. The highest BCUT2D eigenvalue weighted by Crippen LogP contribution is 2.26. The van der Waals surface area contributed by atoms with Crippen molar-refractivity contribution in [2.45, 2.75) is 30.4 Å². The lowest BCUT2D eigenvalue weighted by atomic mass is 10.0. The van der Waals surface area contributed by atoms with Crippen molar-refractivity contribution in [2.75, 3.05) is 26.2 Å². The number of carbonyl (C=O) groups excluding carboxylic acids is 1. The number of aryl methyl sites for hydroxylation is 1. The molecule has 0 radical (unpaired) electrons. The first-order valence-corrected chi connectivity index (χ1v) is 10.2. The third-order valence-corrected chi connectivity index (χ3v) is 7.82. The highest BCUT2D eigenvalue weighted by atomic mass is 32.2. The van der Waals surface area contributed by atoms with Gasteiger partial charge in [0.15, 0.2) is 0 Å². The SMILES string of the molecule is Cc1ccc(S(=O)(=O)N2CCN(C(=O)C[C@H]3C=CCC3)CC2)s1. The predicted molar refractivity (Wildman–Crippen MR) is 90.9 cm³/mol. The molecule has 23 heavy (non-hydrogen) atoms. The van der Waals surface area contributed by atoms with Crippen molar-refractivity contribution in [3.05, 3.63) is 29.2 Å². The molecule has 5 nitrogen and oxygen atoms in total. The van der Waals surface area contributed by atoms with Crippen LogP contribution in [-0.2, 0) is 14.8 Å². The molecule has 0 N–H and O–H groups in total. The van der Waals surface area contributed by atoms with Crippen molar-refractivity contribution in [3.63, 3.8) is 0 Å². The van der Waals surface area contributed by atoms with Gasteiger partial charge in [0.1, 0.15) is 4.21 Å². The second kappa shape index (κ2) is 6.75. The van der Waals surface area contributed by atoms with E-state index >= 15 is 0 Å². The van der Waals surface area contributed by atoms with Gasteiger partial charge in [0.05, 0.1) is 0 Å². The molecule has 1 fully saturated rings. The highest BCUT2D eigenvalue weighted by Gasteiger charge is 2.31. The van der Waals surface area contributed by atoms with Crippen LogP contribution in [0.25, 0.3) is 0 Å². The molecule has 2 heterocycles. The molecule has 1 aliphatic heterocycles. The molecule has 0 saturated carbocycles. The van der Waals surface area contributed by atoms with Crippen LogP contribution < -0.4 is 0 Å². The average Bonchev–Trinajstić information content (AvgIpc) is 3.19. The van der Waals surface area contributed by atoms with E-state index < -0.39 is 10.0 Å². The zero-order chi connectivity index (χ0) is 16.4. The molecule has 7 heteroatoms. The Kier molecular flexibility index (Phi) is 4.89. The number of nitrogens with zero attached hydrogens (tertiary/aromatic N) is 2. The van der Waals surface area contributed by atoms with E-state index in [0.717, 1.165) is 17.7 Å². The zero-order valence-corrected chi connectivity index (χ0v) is 14.9. The Morgan fingerprint density at radius 3 is 2.57 bits per heavy atom. The molecule has 0 spiro atoms. The van der Waals surface area contributed by atoms with E-state index in [9.17, 15) is 13.2 Å². The molecule has 1 saturated heterocycles. The second-order valence-electron chi connectivity index (χ2n) is 6.12. The first-order chi connectivity index (χ1) is 11.0. The van der Waals surface area contributed by atoms with Crippen molar-refractivity contribution < 1.29 is 13.2 Å². The maximum Gasteiger partial charge on any atom is 0.252 e. The molecular formula is C16H22N2O3S2. The Labute approximate surface area is 141 Å². The van der Waals surface area contributed by atoms with Crippen LogP contribution in [-0.4, -0.2) is 49.7 Å². The summed E-state index contributed by atoms with van der Waals surface area (Å²) in [5.41, 5.74) is 0. The summed E-state index contributed by atoms with van der Waals surface area (Å²) in [4.78, 5) is 15.1. The fraction of sp³-hybridized carbons (Fsp3) is 0.562. The smallest absolute Gasteiger partial charge is 0.252 e. The Hall–Kier alpha value is -1.18. The van der Waals surface area contributed by atoms with Crippen molar-refractivity contribution in [2.24, 2.45) is 5.92 Å². The fourth-order valence-corrected chi connectivity index (χ4v) is 5.93. The molecule has 0 unspecified atom stereocenters. The van der Waals surface area contributed by atoms with Crippen LogP contribution in [0.2, 0.25) is 0 Å². The molecule has 1 aliphatic carbocycles. The Morgan fingerprint density at radius 2 is 2.00 bits per heavy atom. The van der Waals surface area contributed by atoms with Crippen LogP contribution in [0.3, 0.4) is 0 Å². The van der Waals surface area contributed by atoms with E-state index in [1.54, 1.807) is 11.0 Å². The van der Waals surface area contributed by atoms with E-state index in [2.05, 4.69) is 12.2 Å². The zero-order valence-electron chi connectivity index (χ0n) is 13.3. The van der Waals surface area contributed by atoms with Crippen molar-refractivity contribution in [1.29, 1.82) is 0 Å². The summed E-state index contributed by atoms with van der Waals surface area (Å²) in [7, 11) is -3.41. The van der Waals surface area contributed by atoms with Crippen molar-refractivity contribution in [3.8, 4) is 0 Å². The van der Waals surface area contributed by atoms with Gasteiger partial charge in [-0.2, -0.15) is 4.31 Å². The van der Waals surface area contributed by atoms with Crippen molar-refractivity contribution >= 4 is 27.3 Å². The lowest BCUT2D eigenvalue weighted by Crippen LogP contribution is -2.50. The number of thiophene rings is 1. The minimum atomic E-state index is -3.41. The lowest BCUT2D eigenvalue weighted by molar-refractivity contribution is -0.133. The number of allylic oxidation sites excluding steroid dienone is 2. The number of carbonyl (C=O) groups is 1. The number of rotatable bonds is 4. The third kappa shape index (κ3) is 3.67. The molecule has 2 aliphatic rings.